The highest BCUT2D eigenvalue weighted by Crippen LogP contribution is 2.27. The summed E-state index contributed by atoms with van der Waals surface area (Å²) in [5.41, 5.74) is 2.72. The first-order chi connectivity index (χ1) is 17.4. The predicted octanol–water partition coefficient (Wildman–Crippen LogP) is 2.57. The number of hydrogen-bond acceptors (Lipinski definition) is 5. The summed E-state index contributed by atoms with van der Waals surface area (Å²) in [5.74, 6) is 0.390. The van der Waals surface area contributed by atoms with Crippen LogP contribution in [0.25, 0.3) is 0 Å². The summed E-state index contributed by atoms with van der Waals surface area (Å²) < 4.78 is 5.43. The molecule has 3 amide bonds. The number of fused-ring (bicyclic) bond motifs is 1. The smallest absolute Gasteiger partial charge is 0.251 e. The molecule has 1 unspecified atom stereocenters. The molecular weight excluding hydrogens is 456 g/mol. The van der Waals surface area contributed by atoms with E-state index in [1.165, 1.54) is 5.56 Å². The van der Waals surface area contributed by atoms with Crippen molar-refractivity contribution in [2.45, 2.75) is 33.2 Å². The Bertz CT molecular complexity index is 1080. The number of amides is 3. The molecule has 0 bridgehead atoms. The Balaban J connectivity index is 1.30. The van der Waals surface area contributed by atoms with Gasteiger partial charge in [0.15, 0.2) is 0 Å². The van der Waals surface area contributed by atoms with Gasteiger partial charge in [0, 0.05) is 44.0 Å². The minimum Gasteiger partial charge on any atom is -0.494 e. The molecule has 36 heavy (non-hydrogen) atoms. The molecule has 2 aliphatic heterocycles. The highest BCUT2D eigenvalue weighted by molar-refractivity contribution is 5.98. The summed E-state index contributed by atoms with van der Waals surface area (Å²) in [7, 11) is 0. The molecule has 2 aromatic rings. The quantitative estimate of drug-likeness (QED) is 0.613. The molecule has 4 rings (SSSR count). The van der Waals surface area contributed by atoms with E-state index in [1.807, 2.05) is 43.9 Å². The Morgan fingerprint density at radius 3 is 2.31 bits per heavy atom. The molecule has 0 spiro atoms. The van der Waals surface area contributed by atoms with Gasteiger partial charge in [-0.05, 0) is 55.2 Å². The average Bonchev–Trinajstić information content (AvgIpc) is 3.32. The maximum Gasteiger partial charge on any atom is 0.251 e. The molecule has 2 heterocycles. The lowest BCUT2D eigenvalue weighted by atomic mass is 10.0. The van der Waals surface area contributed by atoms with Gasteiger partial charge in [-0.2, -0.15) is 0 Å². The largest absolute Gasteiger partial charge is 0.494 e. The third-order valence-corrected chi connectivity index (χ3v) is 6.88. The Morgan fingerprint density at radius 2 is 1.64 bits per heavy atom. The lowest BCUT2D eigenvalue weighted by Gasteiger charge is -2.37. The normalized spacial score (nSPS) is 16.6. The van der Waals surface area contributed by atoms with E-state index >= 15 is 0 Å². The third kappa shape index (κ3) is 5.87. The molecule has 1 N–H and O–H groups in total. The summed E-state index contributed by atoms with van der Waals surface area (Å²) in [4.78, 5) is 44.9. The number of rotatable bonds is 8. The predicted molar refractivity (Wildman–Crippen MR) is 139 cm³/mol. The Kier molecular flexibility index (Phi) is 8.25. The van der Waals surface area contributed by atoms with Gasteiger partial charge in [-0.3, -0.25) is 19.3 Å². The zero-order chi connectivity index (χ0) is 25.7. The van der Waals surface area contributed by atoms with Crippen LogP contribution < -0.4 is 15.0 Å². The summed E-state index contributed by atoms with van der Waals surface area (Å²) in [6.07, 6.45) is 0.892. The molecule has 1 saturated heterocycles. The van der Waals surface area contributed by atoms with Crippen LogP contribution in [0, 0.1) is 5.92 Å². The number of benzene rings is 2. The lowest BCUT2D eigenvalue weighted by Crippen LogP contribution is -2.57. The number of carbonyl (C=O) groups excluding carboxylic acids is 3. The monoisotopic (exact) mass is 492 g/mol. The molecule has 2 aliphatic rings. The SMILES string of the molecule is CCOc1ccc(C(=O)NC(C(=O)N2CCN(CC(=O)N3CCc4ccccc43)CC2)C(C)C)cc1. The minimum absolute atomic E-state index is 0.0565. The summed E-state index contributed by atoms with van der Waals surface area (Å²) >= 11 is 0. The summed E-state index contributed by atoms with van der Waals surface area (Å²) in [6, 6.07) is 14.4. The molecule has 1 atom stereocenters. The second-order valence-corrected chi connectivity index (χ2v) is 9.68. The Morgan fingerprint density at radius 1 is 0.944 bits per heavy atom. The zero-order valence-electron chi connectivity index (χ0n) is 21.4. The van der Waals surface area contributed by atoms with Crippen molar-refractivity contribution in [1.82, 2.24) is 15.1 Å². The van der Waals surface area contributed by atoms with Gasteiger partial charge in [-0.25, -0.2) is 0 Å². The fraction of sp³-hybridized carbons (Fsp3) is 0.464. The van der Waals surface area contributed by atoms with Crippen molar-refractivity contribution in [1.29, 1.82) is 0 Å². The topological polar surface area (TPSA) is 82.2 Å². The maximum absolute atomic E-state index is 13.3. The summed E-state index contributed by atoms with van der Waals surface area (Å²) in [5, 5.41) is 2.93. The van der Waals surface area contributed by atoms with Crippen LogP contribution in [0.4, 0.5) is 5.69 Å². The van der Waals surface area contributed by atoms with Crippen LogP contribution in [-0.4, -0.2) is 79.4 Å². The number of ether oxygens (including phenoxy) is 1. The minimum atomic E-state index is -0.613. The Labute approximate surface area is 213 Å². The highest BCUT2D eigenvalue weighted by atomic mass is 16.5. The molecule has 0 saturated carbocycles. The van der Waals surface area contributed by atoms with E-state index in [0.717, 1.165) is 18.7 Å². The number of piperazine rings is 1. The molecule has 8 nitrogen and oxygen atoms in total. The van der Waals surface area contributed by atoms with E-state index in [4.69, 9.17) is 4.74 Å². The summed E-state index contributed by atoms with van der Waals surface area (Å²) in [6.45, 7) is 9.73. The van der Waals surface area contributed by atoms with E-state index in [0.29, 0.717) is 50.6 Å². The zero-order valence-corrected chi connectivity index (χ0v) is 21.4. The van der Waals surface area contributed by atoms with Gasteiger partial charge in [0.2, 0.25) is 11.8 Å². The van der Waals surface area contributed by atoms with Crippen LogP contribution >= 0.6 is 0 Å². The van der Waals surface area contributed by atoms with Gasteiger partial charge < -0.3 is 19.9 Å². The maximum atomic E-state index is 13.3. The molecule has 0 aromatic heterocycles. The van der Waals surface area contributed by atoms with Crippen LogP contribution in [0.1, 0.15) is 36.7 Å². The fourth-order valence-electron chi connectivity index (χ4n) is 4.80. The van der Waals surface area contributed by atoms with Crippen molar-refractivity contribution in [3.63, 3.8) is 0 Å². The van der Waals surface area contributed by atoms with Gasteiger partial charge in [-0.1, -0.05) is 32.0 Å². The van der Waals surface area contributed by atoms with E-state index < -0.39 is 6.04 Å². The van der Waals surface area contributed by atoms with E-state index in [1.54, 1.807) is 29.2 Å². The number of nitrogens with one attached hydrogen (secondary N) is 1. The molecule has 2 aromatic carbocycles. The van der Waals surface area contributed by atoms with Crippen LogP contribution in [0.15, 0.2) is 48.5 Å². The van der Waals surface area contributed by atoms with Gasteiger partial charge >= 0.3 is 0 Å². The van der Waals surface area contributed by atoms with Crippen molar-refractivity contribution >= 4 is 23.4 Å². The third-order valence-electron chi connectivity index (χ3n) is 6.88. The van der Waals surface area contributed by atoms with E-state index in [2.05, 4.69) is 16.3 Å². The van der Waals surface area contributed by atoms with Gasteiger partial charge in [-0.15, -0.1) is 0 Å². The molecule has 0 radical (unpaired) electrons. The molecule has 1 fully saturated rings. The number of anilines is 1. The van der Waals surface area contributed by atoms with Crippen molar-refractivity contribution in [2.75, 3.05) is 50.8 Å². The van der Waals surface area contributed by atoms with Crippen LogP contribution in [0.5, 0.6) is 5.75 Å². The fourth-order valence-corrected chi connectivity index (χ4v) is 4.80. The number of nitrogens with zero attached hydrogens (tertiary/aromatic N) is 3. The molecule has 192 valence electrons. The van der Waals surface area contributed by atoms with Crippen LogP contribution in [0.3, 0.4) is 0 Å². The average molecular weight is 493 g/mol. The van der Waals surface area contributed by atoms with Crippen molar-refractivity contribution in [2.24, 2.45) is 5.92 Å². The number of para-hydroxylation sites is 1. The van der Waals surface area contributed by atoms with Crippen LogP contribution in [-0.2, 0) is 16.0 Å². The molecule has 8 heteroatoms. The first-order valence-corrected chi connectivity index (χ1v) is 12.8. The Hall–Kier alpha value is -3.39. The standard InChI is InChI=1S/C28H36N4O4/c1-4-36-23-11-9-22(10-12-23)27(34)29-26(20(2)3)28(35)31-17-15-30(16-18-31)19-25(33)32-14-13-21-7-5-6-8-24(21)32/h5-12,20,26H,4,13-19H2,1-3H3,(H,29,34). The first kappa shape index (κ1) is 25.7. The molecular formula is C28H36N4O4. The lowest BCUT2D eigenvalue weighted by molar-refractivity contribution is -0.136. The van der Waals surface area contributed by atoms with Gasteiger partial charge in [0.25, 0.3) is 5.91 Å². The first-order valence-electron chi connectivity index (χ1n) is 12.8. The van der Waals surface area contributed by atoms with E-state index in [9.17, 15) is 14.4 Å². The number of carbonyl (C=O) groups is 3. The van der Waals surface area contributed by atoms with Crippen molar-refractivity contribution in [3.8, 4) is 5.75 Å². The van der Waals surface area contributed by atoms with Gasteiger partial charge in [0.1, 0.15) is 11.8 Å². The van der Waals surface area contributed by atoms with Crippen LogP contribution in [0.2, 0.25) is 0 Å². The second-order valence-electron chi connectivity index (χ2n) is 9.68. The van der Waals surface area contributed by atoms with Crippen molar-refractivity contribution < 1.29 is 19.1 Å². The number of hydrogen-bond donors (Lipinski definition) is 1. The van der Waals surface area contributed by atoms with Gasteiger partial charge in [0.05, 0.1) is 13.2 Å². The highest BCUT2D eigenvalue weighted by Gasteiger charge is 2.32. The second kappa shape index (κ2) is 11.6. The molecule has 0 aliphatic carbocycles. The van der Waals surface area contributed by atoms with Crippen molar-refractivity contribution in [3.05, 3.63) is 59.7 Å². The van der Waals surface area contributed by atoms with E-state index in [-0.39, 0.29) is 23.6 Å².